The van der Waals surface area contributed by atoms with Crippen LogP contribution in [-0.2, 0) is 35.7 Å². The van der Waals surface area contributed by atoms with Gasteiger partial charge in [-0.25, -0.2) is 19.6 Å². The Bertz CT molecular complexity index is 2110. The molecule has 6 atom stereocenters. The molecule has 19 heteroatoms. The van der Waals surface area contributed by atoms with E-state index in [1.165, 1.54) is 46.6 Å². The number of carbonyl (C=O) groups excluding carboxylic acids is 4. The van der Waals surface area contributed by atoms with Gasteiger partial charge in [-0.3, -0.25) is 29.0 Å². The maximum atomic E-state index is 14.3. The molecule has 0 bridgehead atoms. The molecule has 2 aromatic heterocycles. The lowest BCUT2D eigenvalue weighted by Gasteiger charge is -2.39. The number of amides is 6. The van der Waals surface area contributed by atoms with Crippen LogP contribution in [0.25, 0.3) is 0 Å². The lowest BCUT2D eigenvalue weighted by Crippen LogP contribution is -2.59. The second-order valence-electron chi connectivity index (χ2n) is 18.8. The van der Waals surface area contributed by atoms with Gasteiger partial charge < -0.3 is 36.4 Å². The van der Waals surface area contributed by atoms with Crippen LogP contribution in [0, 0.1) is 11.8 Å². The molecule has 17 nitrogen and oxygen atoms in total. The Morgan fingerprint density at radius 1 is 0.714 bits per heavy atom. The summed E-state index contributed by atoms with van der Waals surface area (Å²) in [7, 11) is 2.69. The van der Waals surface area contributed by atoms with Gasteiger partial charge in [0.25, 0.3) is 11.8 Å². The molecule has 6 amide bonds. The second-order valence-corrected chi connectivity index (χ2v) is 20.5. The van der Waals surface area contributed by atoms with Gasteiger partial charge in [0, 0.05) is 43.6 Å². The number of thiazole rings is 2. The van der Waals surface area contributed by atoms with E-state index in [1.54, 1.807) is 27.7 Å². The van der Waals surface area contributed by atoms with E-state index < -0.39 is 59.0 Å². The van der Waals surface area contributed by atoms with E-state index in [0.717, 1.165) is 21.1 Å². The molecule has 0 spiro atoms. The van der Waals surface area contributed by atoms with Crippen LogP contribution in [0.5, 0.6) is 0 Å². The molecule has 0 saturated carbocycles. The molecular weight excluding hydrogens is 847 g/mol. The lowest BCUT2D eigenvalue weighted by molar-refractivity contribution is -0.148. The maximum Gasteiger partial charge on any atom is 0.407 e. The summed E-state index contributed by atoms with van der Waals surface area (Å²) in [6.07, 6.45) is 0.138. The van der Waals surface area contributed by atoms with Crippen molar-refractivity contribution in [1.82, 2.24) is 29.6 Å². The highest BCUT2D eigenvalue weighted by atomic mass is 32.1. The summed E-state index contributed by atoms with van der Waals surface area (Å²) >= 11 is 2.49. The molecule has 63 heavy (non-hydrogen) atoms. The molecule has 3 aliphatic rings. The number of nitrogens with two attached hydrogens (primary N) is 2. The Morgan fingerprint density at radius 3 is 1.41 bits per heavy atom. The Balaban J connectivity index is 1.40. The van der Waals surface area contributed by atoms with Crippen molar-refractivity contribution < 1.29 is 39.0 Å². The van der Waals surface area contributed by atoms with Crippen LogP contribution in [0.2, 0.25) is 0 Å². The maximum absolute atomic E-state index is 14.3. The molecule has 3 fully saturated rings. The minimum atomic E-state index is -1.57. The average molecular weight is 908 g/mol. The zero-order valence-corrected chi connectivity index (χ0v) is 39.2. The van der Waals surface area contributed by atoms with Gasteiger partial charge in [-0.1, -0.05) is 60.6 Å². The molecule has 6 rings (SSSR count). The van der Waals surface area contributed by atoms with Crippen LogP contribution in [-0.4, -0.2) is 115 Å². The predicted molar refractivity (Wildman–Crippen MR) is 239 cm³/mol. The van der Waals surface area contributed by atoms with E-state index in [1.807, 2.05) is 10.8 Å². The summed E-state index contributed by atoms with van der Waals surface area (Å²) < 4.78 is 0. The van der Waals surface area contributed by atoms with Crippen LogP contribution in [0.15, 0.2) is 35.0 Å². The smallest absolute Gasteiger partial charge is 0.407 e. The fraction of sp³-hybridized carbons (Fsp3) is 0.591. The molecule has 0 radical (unpaired) electrons. The molecule has 3 aliphatic heterocycles. The van der Waals surface area contributed by atoms with E-state index in [2.05, 4.69) is 49.9 Å². The van der Waals surface area contributed by atoms with Gasteiger partial charge in [0.1, 0.15) is 22.1 Å². The summed E-state index contributed by atoms with van der Waals surface area (Å²) in [4.78, 5) is 97.2. The average Bonchev–Trinajstić information content (AvgIpc) is 4.05. The van der Waals surface area contributed by atoms with Crippen molar-refractivity contribution in [1.29, 1.82) is 0 Å². The monoisotopic (exact) mass is 907 g/mol. The molecule has 0 aliphatic carbocycles. The summed E-state index contributed by atoms with van der Waals surface area (Å²) in [6, 6.07) is 5.57. The highest BCUT2D eigenvalue weighted by Gasteiger charge is 2.56. The van der Waals surface area contributed by atoms with E-state index in [-0.39, 0.29) is 55.3 Å². The Morgan fingerprint density at radius 2 is 1.10 bits per heavy atom. The van der Waals surface area contributed by atoms with Crippen molar-refractivity contribution >= 4 is 64.2 Å². The first-order valence-corrected chi connectivity index (χ1v) is 23.2. The molecule has 1 aromatic carbocycles. The number of carbonyl (C=O) groups is 6. The molecule has 0 unspecified atom stereocenters. The minimum Gasteiger partial charge on any atom is -0.465 e. The normalized spacial score (nSPS) is 23.6. The zero-order valence-electron chi connectivity index (χ0n) is 37.5. The third-order valence-corrected chi connectivity index (χ3v) is 15.2. The van der Waals surface area contributed by atoms with Crippen molar-refractivity contribution in [3.63, 3.8) is 0 Å². The second kappa shape index (κ2) is 17.7. The molecule has 3 saturated heterocycles. The highest BCUT2D eigenvalue weighted by molar-refractivity contribution is 7.10. The summed E-state index contributed by atoms with van der Waals surface area (Å²) in [5.41, 5.74) is 12.5. The first-order chi connectivity index (χ1) is 29.5. The van der Waals surface area contributed by atoms with E-state index in [0.29, 0.717) is 47.1 Å². The first kappa shape index (κ1) is 47.2. The highest BCUT2D eigenvalue weighted by Crippen LogP contribution is 2.50. The number of aromatic nitrogens is 2. The fourth-order valence-electron chi connectivity index (χ4n) is 9.90. The number of carboxylic acid groups (broad SMARTS) is 2. The predicted octanol–water partition coefficient (Wildman–Crippen LogP) is 5.85. The van der Waals surface area contributed by atoms with Gasteiger partial charge in [0.15, 0.2) is 11.1 Å². The zero-order chi connectivity index (χ0) is 46.5. The van der Waals surface area contributed by atoms with Gasteiger partial charge in [0.2, 0.25) is 11.8 Å². The van der Waals surface area contributed by atoms with Crippen LogP contribution in [0.3, 0.4) is 0 Å². The number of likely N-dealkylation sites (tertiary alicyclic amines) is 2. The lowest BCUT2D eigenvalue weighted by atomic mass is 9.87. The molecule has 3 aromatic rings. The van der Waals surface area contributed by atoms with Gasteiger partial charge in [-0.2, -0.15) is 0 Å². The SMILES string of the molecule is CC(C)[C@@H](C(=O)N1CCC[C@]1(C(N)=O)c1nc([C@@H]2CC[C@@H](c3csc([C@@]4(C(N)=O)CCCN4C(=O)[C@H](C(C)C)N(C)C(=O)O)n3)N2c2ccc(C(C)(C)C)cc2)cs1)N(C)C(=O)O. The van der Waals surface area contributed by atoms with Crippen molar-refractivity contribution in [2.45, 2.75) is 128 Å². The third kappa shape index (κ3) is 8.22. The van der Waals surface area contributed by atoms with Crippen LogP contribution >= 0.6 is 22.7 Å². The number of hydrogen-bond acceptors (Lipinski definition) is 11. The Labute approximate surface area is 376 Å². The summed E-state index contributed by atoms with van der Waals surface area (Å²) in [6.45, 7) is 13.9. The molecular formula is C44H61N9O8S2. The molecule has 342 valence electrons. The van der Waals surface area contributed by atoms with Crippen LogP contribution < -0.4 is 16.4 Å². The van der Waals surface area contributed by atoms with Crippen molar-refractivity contribution in [2.75, 3.05) is 32.1 Å². The largest absolute Gasteiger partial charge is 0.465 e. The number of benzene rings is 1. The van der Waals surface area contributed by atoms with E-state index >= 15 is 0 Å². The van der Waals surface area contributed by atoms with Gasteiger partial charge >= 0.3 is 12.2 Å². The van der Waals surface area contributed by atoms with Gasteiger partial charge in [-0.15, -0.1) is 22.7 Å². The molecule has 6 N–H and O–H groups in total. The van der Waals surface area contributed by atoms with Crippen molar-refractivity contribution in [3.05, 3.63) is 62.0 Å². The van der Waals surface area contributed by atoms with Crippen LogP contribution in [0.4, 0.5) is 15.3 Å². The van der Waals surface area contributed by atoms with Crippen molar-refractivity contribution in [2.24, 2.45) is 23.3 Å². The summed E-state index contributed by atoms with van der Waals surface area (Å²) in [5, 5.41) is 24.2. The number of likely N-dealkylation sites (N-methyl/N-ethyl adjacent to an activating group) is 2. The quantitative estimate of drug-likeness (QED) is 0.159. The summed E-state index contributed by atoms with van der Waals surface area (Å²) in [5.74, 6) is -3.26. The fourth-order valence-corrected chi connectivity index (χ4v) is 12.1. The third-order valence-electron chi connectivity index (χ3n) is 13.2. The number of rotatable bonds is 13. The number of anilines is 1. The van der Waals surface area contributed by atoms with E-state index in [9.17, 15) is 39.0 Å². The van der Waals surface area contributed by atoms with Crippen LogP contribution in [0.1, 0.15) is 126 Å². The topological polar surface area (TPSA) is 237 Å². The number of nitrogens with zero attached hydrogens (tertiary/aromatic N) is 7. The Kier molecular flexibility index (Phi) is 13.3. The van der Waals surface area contributed by atoms with Gasteiger partial charge in [0.05, 0.1) is 23.5 Å². The van der Waals surface area contributed by atoms with Gasteiger partial charge in [-0.05, 0) is 73.5 Å². The Hall–Kier alpha value is -5.30. The minimum absolute atomic E-state index is 0.112. The molecule has 5 heterocycles. The van der Waals surface area contributed by atoms with E-state index in [4.69, 9.17) is 21.4 Å². The number of primary amides is 2. The first-order valence-electron chi connectivity index (χ1n) is 21.5. The van der Waals surface area contributed by atoms with Crippen molar-refractivity contribution in [3.8, 4) is 0 Å². The number of hydrogen-bond donors (Lipinski definition) is 4. The standard InChI is InChI=1S/C44H61N9O8S2/c1-24(2)32(49(8)40(58)59)34(54)51-20-10-18-43(51,36(45)56)38-47-28(22-62-38)30-16-17-31(53(30)27-14-12-26(13-15-27)42(5,6)7)29-23-63-39(48-29)44(37(46)57)19-11-21-52(44)35(55)33(25(3)4)50(9)41(60)61/h12-15,22-25,30-33H,10-11,16-21H2,1-9H3,(H2,45,56)(H2,46,57)(H,58,59)(H,60,61)/t30-,31-,32-,33-,43-,44-/m0/s1.